The van der Waals surface area contributed by atoms with Crippen molar-refractivity contribution in [3.63, 3.8) is 0 Å². The van der Waals surface area contributed by atoms with Crippen molar-refractivity contribution in [1.82, 2.24) is 0 Å². The number of hydrogen-bond donors (Lipinski definition) is 0. The van der Waals surface area contributed by atoms with E-state index >= 15 is 0 Å². The van der Waals surface area contributed by atoms with Crippen molar-refractivity contribution in [2.24, 2.45) is 0 Å². The third kappa shape index (κ3) is 5.36. The average Bonchev–Trinajstić information content (AvgIpc) is 3.72. The summed E-state index contributed by atoms with van der Waals surface area (Å²) in [6, 6.07) is 28.7. The van der Waals surface area contributed by atoms with Crippen LogP contribution in [0, 0.1) is 0 Å². The molecular formula is C43H45Cl2SiZr. The summed E-state index contributed by atoms with van der Waals surface area (Å²) in [6.45, 7) is 19.4. The van der Waals surface area contributed by atoms with E-state index in [1.807, 2.05) is 0 Å². The normalized spacial score (nSPS) is 15.5. The maximum atomic E-state index is 2.64. The van der Waals surface area contributed by atoms with E-state index < -0.39 is 8.07 Å². The first-order valence-corrected chi connectivity index (χ1v) is 19.8. The second kappa shape index (κ2) is 12.7. The summed E-state index contributed by atoms with van der Waals surface area (Å²) >= 11 is 0. The van der Waals surface area contributed by atoms with Crippen LogP contribution in [-0.2, 0) is 50.9 Å². The van der Waals surface area contributed by atoms with Crippen LogP contribution < -0.4 is 35.2 Å². The van der Waals surface area contributed by atoms with Gasteiger partial charge in [-0.3, -0.25) is 0 Å². The van der Waals surface area contributed by atoms with E-state index in [0.717, 1.165) is 6.42 Å². The van der Waals surface area contributed by atoms with Crippen molar-refractivity contribution < 1.29 is 51.0 Å². The summed E-state index contributed by atoms with van der Waals surface area (Å²) < 4.78 is 0. The molecule has 0 N–H and O–H groups in total. The van der Waals surface area contributed by atoms with Crippen LogP contribution in [-0.4, -0.2) is 8.07 Å². The molecule has 47 heavy (non-hydrogen) atoms. The van der Waals surface area contributed by atoms with E-state index in [4.69, 9.17) is 0 Å². The summed E-state index contributed by atoms with van der Waals surface area (Å²) in [5, 5.41) is 6.38. The Morgan fingerprint density at radius 3 is 2.06 bits per heavy atom. The molecule has 0 saturated heterocycles. The number of aryl methyl sites for hydroxylation is 1. The van der Waals surface area contributed by atoms with Crippen LogP contribution in [0.1, 0.15) is 92.8 Å². The van der Waals surface area contributed by atoms with E-state index in [-0.39, 0.29) is 56.4 Å². The fourth-order valence-corrected chi connectivity index (χ4v) is 13.1. The van der Waals surface area contributed by atoms with Gasteiger partial charge in [-0.05, 0) is 94.0 Å². The zero-order valence-electron chi connectivity index (χ0n) is 29.1. The average molecular weight is 752 g/mol. The maximum Gasteiger partial charge on any atom is 3.00 e. The Balaban J connectivity index is 0.00000144. The number of halogens is 2. The van der Waals surface area contributed by atoms with Gasteiger partial charge < -0.3 is 24.8 Å². The van der Waals surface area contributed by atoms with Crippen LogP contribution in [0.5, 0.6) is 0 Å². The fraction of sp³-hybridized carbons (Fsp3) is 0.326. The molecule has 0 fully saturated rings. The first kappa shape index (κ1) is 36.2. The summed E-state index contributed by atoms with van der Waals surface area (Å²) in [6.07, 6.45) is 4.74. The summed E-state index contributed by atoms with van der Waals surface area (Å²) in [5.41, 5.74) is 19.9. The molecule has 0 aromatic heterocycles. The molecule has 0 nitrogen and oxygen atoms in total. The van der Waals surface area contributed by atoms with E-state index in [1.54, 1.807) is 38.0 Å². The molecule has 0 atom stereocenters. The predicted molar refractivity (Wildman–Crippen MR) is 194 cm³/mol. The Bertz CT molecular complexity index is 2040. The monoisotopic (exact) mass is 749 g/mol. The van der Waals surface area contributed by atoms with Crippen molar-refractivity contribution in [2.45, 2.75) is 91.7 Å². The van der Waals surface area contributed by atoms with Gasteiger partial charge in [0.2, 0.25) is 0 Å². The Kier molecular flexibility index (Phi) is 9.75. The van der Waals surface area contributed by atoms with Crippen LogP contribution in [0.2, 0.25) is 13.1 Å². The van der Waals surface area contributed by atoms with E-state index in [9.17, 15) is 0 Å². The van der Waals surface area contributed by atoms with Crippen LogP contribution >= 0.6 is 0 Å². The van der Waals surface area contributed by atoms with E-state index in [0.29, 0.717) is 5.92 Å². The molecule has 5 aromatic rings. The SMILES string of the molecule is CC1=C(c2cc3[cH-]c(C(C)C)c4c3c(-c3ccc(C(C)(C)C)cc3)c2[Si]4(C)C)c2cc3c(c(-c4ccccc4)c2C1)CCC3.[Cl-].[Cl-].[Zr+3]. The molecule has 2 aliphatic carbocycles. The van der Waals surface area contributed by atoms with Crippen molar-refractivity contribution in [1.29, 1.82) is 0 Å². The topological polar surface area (TPSA) is 0 Å². The number of hydrogen-bond acceptors (Lipinski definition) is 0. The summed E-state index contributed by atoms with van der Waals surface area (Å²) in [7, 11) is -1.99. The smallest absolute Gasteiger partial charge is 1.00 e. The second-order valence-corrected chi connectivity index (χ2v) is 19.9. The molecule has 239 valence electrons. The van der Waals surface area contributed by atoms with Crippen molar-refractivity contribution in [3.05, 3.63) is 117 Å². The van der Waals surface area contributed by atoms with E-state index in [2.05, 4.69) is 127 Å². The largest absolute Gasteiger partial charge is 3.00 e. The Morgan fingerprint density at radius 1 is 0.766 bits per heavy atom. The van der Waals surface area contributed by atoms with Gasteiger partial charge >= 0.3 is 26.2 Å². The number of fused-ring (bicyclic) bond motifs is 3. The van der Waals surface area contributed by atoms with Crippen LogP contribution in [0.25, 0.3) is 38.6 Å². The molecule has 3 aliphatic rings. The number of benzene rings is 4. The molecule has 0 saturated carbocycles. The minimum absolute atomic E-state index is 0. The summed E-state index contributed by atoms with van der Waals surface area (Å²) in [4.78, 5) is 0. The molecule has 0 unspecified atom stereocenters. The zero-order valence-corrected chi connectivity index (χ0v) is 34.1. The van der Waals surface area contributed by atoms with E-state index in [1.165, 1.54) is 74.7 Å². The molecule has 1 aliphatic heterocycles. The molecule has 4 heteroatoms. The second-order valence-electron chi connectivity index (χ2n) is 15.7. The van der Waals surface area contributed by atoms with Gasteiger partial charge in [-0.15, -0.1) is 33.7 Å². The van der Waals surface area contributed by atoms with Gasteiger partial charge in [-0.1, -0.05) is 130 Å². The van der Waals surface area contributed by atoms with Gasteiger partial charge in [-0.2, -0.15) is 0 Å². The van der Waals surface area contributed by atoms with Gasteiger partial charge in [0.25, 0.3) is 0 Å². The van der Waals surface area contributed by atoms with Crippen LogP contribution in [0.3, 0.4) is 0 Å². The van der Waals surface area contributed by atoms with Gasteiger partial charge in [0.15, 0.2) is 0 Å². The first-order chi connectivity index (χ1) is 21.0. The summed E-state index contributed by atoms with van der Waals surface area (Å²) in [5.74, 6) is 0.535. The van der Waals surface area contributed by atoms with Gasteiger partial charge in [-0.25, -0.2) is 0 Å². The third-order valence-corrected chi connectivity index (χ3v) is 14.7. The third-order valence-electron chi connectivity index (χ3n) is 11.1. The minimum atomic E-state index is -1.99. The van der Waals surface area contributed by atoms with Gasteiger partial charge in [0, 0.05) is 0 Å². The first-order valence-electron chi connectivity index (χ1n) is 16.8. The van der Waals surface area contributed by atoms with Gasteiger partial charge in [0.05, 0.1) is 8.07 Å². The van der Waals surface area contributed by atoms with Crippen LogP contribution in [0.15, 0.2) is 78.4 Å². The fourth-order valence-electron chi connectivity index (χ4n) is 9.11. The minimum Gasteiger partial charge on any atom is -1.00 e. The number of allylic oxidation sites excluding steroid dienone is 1. The Morgan fingerprint density at radius 2 is 1.43 bits per heavy atom. The van der Waals surface area contributed by atoms with Crippen molar-refractivity contribution in [3.8, 4) is 22.3 Å². The number of rotatable bonds is 4. The van der Waals surface area contributed by atoms with Gasteiger partial charge in [0.1, 0.15) is 0 Å². The molecule has 0 amide bonds. The zero-order chi connectivity index (χ0) is 30.7. The molecule has 1 heterocycles. The Hall–Kier alpha value is -2.09. The molecule has 2 bridgehead atoms. The standard InChI is InChI=1S/C43H45Si.2ClH.Zr/c1-25(2)33-23-30-24-36(42-39(40(30)41(33)44(42,7)8)28-17-19-31(20-18-28)43(4,5)6)37-26(3)21-34-35(37)22-29-15-12-16-32(29)38(34)27-13-10-9-11-14-27;;;/h9-11,13-14,17-20,22-25H,12,15-16,21H2,1-8H3;2*1H;/q-1;;;+3/p-2. The maximum absolute atomic E-state index is 2.64. The molecule has 8 rings (SSSR count). The Labute approximate surface area is 314 Å². The molecule has 5 aromatic carbocycles. The van der Waals surface area contributed by atoms with Crippen molar-refractivity contribution >= 4 is 34.8 Å². The predicted octanol–water partition coefficient (Wildman–Crippen LogP) is 4.32. The molecular weight excluding hydrogens is 707 g/mol. The molecule has 0 spiro atoms. The molecule has 1 radical (unpaired) electrons. The quantitative estimate of drug-likeness (QED) is 0.190. The van der Waals surface area contributed by atoms with Crippen molar-refractivity contribution in [2.75, 3.05) is 0 Å². The van der Waals surface area contributed by atoms with Crippen LogP contribution in [0.4, 0.5) is 0 Å².